The van der Waals surface area contributed by atoms with Gasteiger partial charge in [-0.3, -0.25) is 4.79 Å². The van der Waals surface area contributed by atoms with E-state index in [0.29, 0.717) is 17.5 Å². The summed E-state index contributed by atoms with van der Waals surface area (Å²) in [5.41, 5.74) is 0.834. The fourth-order valence-corrected chi connectivity index (χ4v) is 1.41. The first-order chi connectivity index (χ1) is 9.67. The molecule has 1 amide bonds. The van der Waals surface area contributed by atoms with Crippen LogP contribution in [0, 0.1) is 6.92 Å². The second-order valence-corrected chi connectivity index (χ2v) is 4.02. The second kappa shape index (κ2) is 6.51. The third-order valence-corrected chi connectivity index (χ3v) is 2.45. The van der Waals surface area contributed by atoms with Crippen LogP contribution in [0.2, 0.25) is 0 Å². The molecule has 2 aromatic rings. The number of ether oxygens (including phenoxy) is 2. The van der Waals surface area contributed by atoms with Crippen LogP contribution in [0.5, 0.6) is 17.5 Å². The number of carbonyl (C=O) groups excluding carboxylic acids is 1. The standard InChI is InChI=1S/C14H15N3O3/c1-10-7-8-16-14(17-10)20-12-5-3-11(4-6-12)19-9-13(18)15-2/h3-8H,9H2,1-2H3,(H,15,18). The van der Waals surface area contributed by atoms with Gasteiger partial charge in [-0.15, -0.1) is 0 Å². The maximum Gasteiger partial charge on any atom is 0.322 e. The molecule has 0 bridgehead atoms. The molecular formula is C14H15N3O3. The number of rotatable bonds is 5. The van der Waals surface area contributed by atoms with E-state index in [-0.39, 0.29) is 12.5 Å². The normalized spacial score (nSPS) is 9.90. The Hall–Kier alpha value is -2.63. The zero-order valence-corrected chi connectivity index (χ0v) is 11.3. The van der Waals surface area contributed by atoms with Gasteiger partial charge in [0.1, 0.15) is 11.5 Å². The molecule has 1 aromatic heterocycles. The van der Waals surface area contributed by atoms with Gasteiger partial charge < -0.3 is 14.8 Å². The monoisotopic (exact) mass is 273 g/mol. The van der Waals surface area contributed by atoms with E-state index in [1.165, 1.54) is 0 Å². The van der Waals surface area contributed by atoms with E-state index in [4.69, 9.17) is 9.47 Å². The number of likely N-dealkylation sites (N-methyl/N-ethyl adjacent to an activating group) is 1. The van der Waals surface area contributed by atoms with Gasteiger partial charge in [-0.1, -0.05) is 0 Å². The Balaban J connectivity index is 1.96. The largest absolute Gasteiger partial charge is 0.484 e. The summed E-state index contributed by atoms with van der Waals surface area (Å²) in [4.78, 5) is 19.2. The van der Waals surface area contributed by atoms with Gasteiger partial charge in [0, 0.05) is 18.9 Å². The molecule has 0 radical (unpaired) electrons. The second-order valence-electron chi connectivity index (χ2n) is 4.02. The lowest BCUT2D eigenvalue weighted by Crippen LogP contribution is -2.24. The molecule has 1 heterocycles. The summed E-state index contributed by atoms with van der Waals surface area (Å²) in [6.07, 6.45) is 1.64. The molecule has 0 aliphatic heterocycles. The van der Waals surface area contributed by atoms with E-state index in [0.717, 1.165) is 5.69 Å². The molecule has 0 spiro atoms. The molecular weight excluding hydrogens is 258 g/mol. The summed E-state index contributed by atoms with van der Waals surface area (Å²) >= 11 is 0. The molecule has 2 rings (SSSR count). The first-order valence-corrected chi connectivity index (χ1v) is 6.08. The van der Waals surface area contributed by atoms with Crippen LogP contribution in [0.3, 0.4) is 0 Å². The van der Waals surface area contributed by atoms with Crippen LogP contribution >= 0.6 is 0 Å². The van der Waals surface area contributed by atoms with E-state index in [1.54, 1.807) is 43.6 Å². The molecule has 20 heavy (non-hydrogen) atoms. The van der Waals surface area contributed by atoms with E-state index < -0.39 is 0 Å². The van der Waals surface area contributed by atoms with E-state index in [2.05, 4.69) is 15.3 Å². The van der Waals surface area contributed by atoms with Gasteiger partial charge in [0.05, 0.1) is 0 Å². The van der Waals surface area contributed by atoms with Crippen LogP contribution in [0.1, 0.15) is 5.69 Å². The van der Waals surface area contributed by atoms with Crippen molar-refractivity contribution in [3.05, 3.63) is 42.2 Å². The van der Waals surface area contributed by atoms with Crippen LogP contribution in [0.4, 0.5) is 0 Å². The van der Waals surface area contributed by atoms with Gasteiger partial charge in [-0.05, 0) is 37.3 Å². The molecule has 0 aliphatic rings. The highest BCUT2D eigenvalue weighted by Crippen LogP contribution is 2.21. The summed E-state index contributed by atoms with van der Waals surface area (Å²) in [5.74, 6) is 1.01. The summed E-state index contributed by atoms with van der Waals surface area (Å²) in [6, 6.07) is 8.98. The third kappa shape index (κ3) is 3.94. The molecule has 0 fully saturated rings. The summed E-state index contributed by atoms with van der Waals surface area (Å²) in [6.45, 7) is 1.85. The number of amides is 1. The highest BCUT2D eigenvalue weighted by molar-refractivity contribution is 5.77. The van der Waals surface area contributed by atoms with Gasteiger partial charge in [0.25, 0.3) is 5.91 Å². The fourth-order valence-electron chi connectivity index (χ4n) is 1.41. The number of nitrogens with one attached hydrogen (secondary N) is 1. The van der Waals surface area contributed by atoms with Gasteiger partial charge in [-0.2, -0.15) is 0 Å². The van der Waals surface area contributed by atoms with Crippen LogP contribution in [-0.4, -0.2) is 29.5 Å². The number of nitrogens with zero attached hydrogens (tertiary/aromatic N) is 2. The maximum atomic E-state index is 11.0. The highest BCUT2D eigenvalue weighted by atomic mass is 16.5. The highest BCUT2D eigenvalue weighted by Gasteiger charge is 2.03. The van der Waals surface area contributed by atoms with Crippen molar-refractivity contribution in [2.24, 2.45) is 0 Å². The van der Waals surface area contributed by atoms with Crippen molar-refractivity contribution in [3.8, 4) is 17.5 Å². The van der Waals surface area contributed by atoms with E-state index in [1.807, 2.05) is 6.92 Å². The molecule has 6 heteroatoms. The van der Waals surface area contributed by atoms with Gasteiger partial charge in [0.2, 0.25) is 0 Å². The Morgan fingerprint density at radius 2 is 1.90 bits per heavy atom. The van der Waals surface area contributed by atoms with E-state index >= 15 is 0 Å². The summed E-state index contributed by atoms with van der Waals surface area (Å²) in [7, 11) is 1.56. The quantitative estimate of drug-likeness (QED) is 0.897. The van der Waals surface area contributed by atoms with Crippen LogP contribution in [0.25, 0.3) is 0 Å². The Kier molecular flexibility index (Phi) is 4.49. The van der Waals surface area contributed by atoms with Gasteiger partial charge in [-0.25, -0.2) is 9.97 Å². The average molecular weight is 273 g/mol. The lowest BCUT2D eigenvalue weighted by Gasteiger charge is -2.07. The molecule has 0 saturated heterocycles. The lowest BCUT2D eigenvalue weighted by molar-refractivity contribution is -0.122. The fraction of sp³-hybridized carbons (Fsp3) is 0.214. The number of hydrogen-bond acceptors (Lipinski definition) is 5. The minimum Gasteiger partial charge on any atom is -0.484 e. The number of aryl methyl sites for hydroxylation is 1. The molecule has 104 valence electrons. The molecule has 1 aromatic carbocycles. The molecule has 0 saturated carbocycles. The molecule has 0 unspecified atom stereocenters. The summed E-state index contributed by atoms with van der Waals surface area (Å²) in [5, 5.41) is 2.48. The Bertz CT molecular complexity index is 584. The van der Waals surface area contributed by atoms with Crippen molar-refractivity contribution in [1.82, 2.24) is 15.3 Å². The molecule has 1 N–H and O–H groups in total. The number of hydrogen-bond donors (Lipinski definition) is 1. The SMILES string of the molecule is CNC(=O)COc1ccc(Oc2nccc(C)n2)cc1. The van der Waals surface area contributed by atoms with Gasteiger partial charge >= 0.3 is 6.01 Å². The Labute approximate surface area is 116 Å². The van der Waals surface area contributed by atoms with Crippen molar-refractivity contribution >= 4 is 5.91 Å². The maximum absolute atomic E-state index is 11.0. The molecule has 0 aliphatic carbocycles. The molecule has 6 nitrogen and oxygen atoms in total. The minimum atomic E-state index is -0.182. The third-order valence-electron chi connectivity index (χ3n) is 2.45. The molecule has 0 atom stereocenters. The number of aromatic nitrogens is 2. The first kappa shape index (κ1) is 13.8. The van der Waals surface area contributed by atoms with Crippen LogP contribution in [-0.2, 0) is 4.79 Å². The number of carbonyl (C=O) groups is 1. The predicted octanol–water partition coefficient (Wildman–Crippen LogP) is 1.70. The minimum absolute atomic E-state index is 0.0162. The average Bonchev–Trinajstić information content (AvgIpc) is 2.46. The van der Waals surface area contributed by atoms with Crippen molar-refractivity contribution in [3.63, 3.8) is 0 Å². The Morgan fingerprint density at radius 3 is 2.55 bits per heavy atom. The zero-order valence-electron chi connectivity index (χ0n) is 11.3. The lowest BCUT2D eigenvalue weighted by atomic mass is 10.3. The van der Waals surface area contributed by atoms with Crippen molar-refractivity contribution < 1.29 is 14.3 Å². The van der Waals surface area contributed by atoms with Crippen molar-refractivity contribution in [2.75, 3.05) is 13.7 Å². The van der Waals surface area contributed by atoms with Crippen LogP contribution in [0.15, 0.2) is 36.5 Å². The van der Waals surface area contributed by atoms with Gasteiger partial charge in [0.15, 0.2) is 6.61 Å². The summed E-state index contributed by atoms with van der Waals surface area (Å²) < 4.78 is 10.8. The zero-order chi connectivity index (χ0) is 14.4. The van der Waals surface area contributed by atoms with Crippen molar-refractivity contribution in [2.45, 2.75) is 6.92 Å². The van der Waals surface area contributed by atoms with E-state index in [9.17, 15) is 4.79 Å². The smallest absolute Gasteiger partial charge is 0.322 e. The predicted molar refractivity (Wildman–Crippen MR) is 72.8 cm³/mol. The topological polar surface area (TPSA) is 73.3 Å². The first-order valence-electron chi connectivity index (χ1n) is 6.08. The number of benzene rings is 1. The van der Waals surface area contributed by atoms with Crippen LogP contribution < -0.4 is 14.8 Å². The van der Waals surface area contributed by atoms with Crippen molar-refractivity contribution in [1.29, 1.82) is 0 Å². The Morgan fingerprint density at radius 1 is 1.20 bits per heavy atom.